The normalized spacial score (nSPS) is 15.8. The highest BCUT2D eigenvalue weighted by atomic mass is 16.6. The maximum Gasteiger partial charge on any atom is 0.264 e. The van der Waals surface area contributed by atoms with Gasteiger partial charge in [-0.05, 0) is 24.3 Å². The number of benzene rings is 2. The Labute approximate surface area is 154 Å². The van der Waals surface area contributed by atoms with Gasteiger partial charge in [-0.3, -0.25) is 9.36 Å². The van der Waals surface area contributed by atoms with Crippen molar-refractivity contribution >= 4 is 11.0 Å². The SMILES string of the molecule is O=c1c2cnn(-c3ccccc3)c2ncn1C[C@H]1COc2ccccc2O1. The molecule has 0 unspecified atom stereocenters. The molecule has 0 aliphatic carbocycles. The van der Waals surface area contributed by atoms with E-state index in [4.69, 9.17) is 9.47 Å². The van der Waals surface area contributed by atoms with Crippen molar-refractivity contribution < 1.29 is 9.47 Å². The van der Waals surface area contributed by atoms with Crippen LogP contribution in [-0.4, -0.2) is 32.0 Å². The van der Waals surface area contributed by atoms with Crippen molar-refractivity contribution in [2.75, 3.05) is 6.61 Å². The van der Waals surface area contributed by atoms with Crippen molar-refractivity contribution in [2.24, 2.45) is 0 Å². The fourth-order valence-electron chi connectivity index (χ4n) is 3.21. The number of ether oxygens (including phenoxy) is 2. The minimum Gasteiger partial charge on any atom is -0.486 e. The predicted octanol–water partition coefficient (Wildman–Crippen LogP) is 2.42. The summed E-state index contributed by atoms with van der Waals surface area (Å²) in [5, 5.41) is 4.80. The molecule has 0 bridgehead atoms. The summed E-state index contributed by atoms with van der Waals surface area (Å²) >= 11 is 0. The Morgan fingerprint density at radius 2 is 1.81 bits per heavy atom. The highest BCUT2D eigenvalue weighted by Crippen LogP contribution is 2.31. The molecule has 2 aromatic heterocycles. The molecule has 27 heavy (non-hydrogen) atoms. The topological polar surface area (TPSA) is 71.2 Å². The van der Waals surface area contributed by atoms with E-state index in [9.17, 15) is 4.79 Å². The Hall–Kier alpha value is -3.61. The minimum absolute atomic E-state index is 0.148. The lowest BCUT2D eigenvalue weighted by molar-refractivity contribution is 0.0777. The lowest BCUT2D eigenvalue weighted by atomic mass is 10.2. The first kappa shape index (κ1) is 15.6. The van der Waals surface area contributed by atoms with Gasteiger partial charge in [-0.25, -0.2) is 9.67 Å². The van der Waals surface area contributed by atoms with Crippen LogP contribution in [0.2, 0.25) is 0 Å². The summed E-state index contributed by atoms with van der Waals surface area (Å²) in [6.07, 6.45) is 2.83. The third-order valence-electron chi connectivity index (χ3n) is 4.52. The van der Waals surface area contributed by atoms with E-state index in [2.05, 4.69) is 10.1 Å². The van der Waals surface area contributed by atoms with Crippen molar-refractivity contribution in [3.8, 4) is 17.2 Å². The van der Waals surface area contributed by atoms with Crippen LogP contribution in [0.5, 0.6) is 11.5 Å². The fourth-order valence-corrected chi connectivity index (χ4v) is 3.21. The van der Waals surface area contributed by atoms with E-state index in [1.807, 2.05) is 54.6 Å². The van der Waals surface area contributed by atoms with Crippen LogP contribution in [0.1, 0.15) is 0 Å². The van der Waals surface area contributed by atoms with Gasteiger partial charge in [-0.1, -0.05) is 30.3 Å². The second kappa shape index (κ2) is 6.28. The molecule has 0 fully saturated rings. The second-order valence-electron chi connectivity index (χ2n) is 6.33. The molecule has 0 radical (unpaired) electrons. The Morgan fingerprint density at radius 3 is 2.67 bits per heavy atom. The third kappa shape index (κ3) is 2.73. The lowest BCUT2D eigenvalue weighted by Crippen LogP contribution is -2.36. The molecule has 2 aromatic carbocycles. The van der Waals surface area contributed by atoms with Gasteiger partial charge in [0.1, 0.15) is 18.3 Å². The highest BCUT2D eigenvalue weighted by Gasteiger charge is 2.22. The zero-order valence-corrected chi connectivity index (χ0v) is 14.4. The highest BCUT2D eigenvalue weighted by molar-refractivity contribution is 5.74. The number of para-hydroxylation sites is 3. The predicted molar refractivity (Wildman–Crippen MR) is 99.5 cm³/mol. The maximum absolute atomic E-state index is 12.9. The number of aromatic nitrogens is 4. The number of fused-ring (bicyclic) bond motifs is 2. The monoisotopic (exact) mass is 360 g/mol. The van der Waals surface area contributed by atoms with E-state index < -0.39 is 0 Å². The molecule has 1 aliphatic heterocycles. The van der Waals surface area contributed by atoms with Gasteiger partial charge < -0.3 is 9.47 Å². The van der Waals surface area contributed by atoms with Crippen LogP contribution in [0.15, 0.2) is 71.9 Å². The van der Waals surface area contributed by atoms with Crippen molar-refractivity contribution in [3.05, 3.63) is 77.5 Å². The van der Waals surface area contributed by atoms with E-state index in [1.165, 1.54) is 6.33 Å². The van der Waals surface area contributed by atoms with Crippen molar-refractivity contribution in [3.63, 3.8) is 0 Å². The van der Waals surface area contributed by atoms with E-state index in [1.54, 1.807) is 15.4 Å². The molecule has 134 valence electrons. The minimum atomic E-state index is -0.263. The molecule has 0 saturated carbocycles. The van der Waals surface area contributed by atoms with Gasteiger partial charge in [0.25, 0.3) is 5.56 Å². The van der Waals surface area contributed by atoms with Gasteiger partial charge in [0.05, 0.1) is 18.4 Å². The molecular weight excluding hydrogens is 344 g/mol. The molecule has 3 heterocycles. The summed E-state index contributed by atoms with van der Waals surface area (Å²) in [4.78, 5) is 17.3. The van der Waals surface area contributed by atoms with Crippen LogP contribution in [0, 0.1) is 0 Å². The number of rotatable bonds is 3. The number of hydrogen-bond acceptors (Lipinski definition) is 5. The molecule has 0 saturated heterocycles. The molecule has 0 amide bonds. The largest absolute Gasteiger partial charge is 0.486 e. The Balaban J connectivity index is 1.46. The zero-order valence-electron chi connectivity index (χ0n) is 14.4. The number of nitrogens with zero attached hydrogens (tertiary/aromatic N) is 4. The Kier molecular flexibility index (Phi) is 3.64. The second-order valence-corrected chi connectivity index (χ2v) is 6.33. The molecular formula is C20H16N4O3. The van der Waals surface area contributed by atoms with Crippen LogP contribution in [0.3, 0.4) is 0 Å². The Bertz CT molecular complexity index is 1170. The Morgan fingerprint density at radius 1 is 1.04 bits per heavy atom. The number of hydrogen-bond donors (Lipinski definition) is 0. The molecule has 1 aliphatic rings. The molecule has 1 atom stereocenters. The maximum atomic E-state index is 12.9. The third-order valence-corrected chi connectivity index (χ3v) is 4.52. The summed E-state index contributed by atoms with van der Waals surface area (Å²) in [5.74, 6) is 1.41. The fraction of sp³-hybridized carbons (Fsp3) is 0.150. The molecule has 4 aromatic rings. The van der Waals surface area contributed by atoms with Gasteiger partial charge in [0, 0.05) is 0 Å². The van der Waals surface area contributed by atoms with Gasteiger partial charge in [-0.2, -0.15) is 5.10 Å². The van der Waals surface area contributed by atoms with Gasteiger partial charge in [0.15, 0.2) is 23.3 Å². The van der Waals surface area contributed by atoms with Crippen LogP contribution in [0.25, 0.3) is 16.7 Å². The molecule has 7 heteroatoms. The molecule has 0 N–H and O–H groups in total. The van der Waals surface area contributed by atoms with Crippen LogP contribution >= 0.6 is 0 Å². The van der Waals surface area contributed by atoms with Crippen molar-refractivity contribution in [1.82, 2.24) is 19.3 Å². The molecule has 0 spiro atoms. The zero-order chi connectivity index (χ0) is 18.2. The van der Waals surface area contributed by atoms with Crippen LogP contribution in [0.4, 0.5) is 0 Å². The lowest BCUT2D eigenvalue weighted by Gasteiger charge is -2.26. The molecule has 7 nitrogen and oxygen atoms in total. The van der Waals surface area contributed by atoms with Gasteiger partial charge in [0.2, 0.25) is 0 Å². The van der Waals surface area contributed by atoms with Crippen LogP contribution in [-0.2, 0) is 6.54 Å². The van der Waals surface area contributed by atoms with E-state index in [-0.39, 0.29) is 11.7 Å². The average Bonchev–Trinajstić information content (AvgIpc) is 3.15. The summed E-state index contributed by atoms with van der Waals surface area (Å²) in [7, 11) is 0. The van der Waals surface area contributed by atoms with Crippen LogP contribution < -0.4 is 15.0 Å². The first-order chi connectivity index (χ1) is 13.3. The average molecular weight is 360 g/mol. The van der Waals surface area contributed by atoms with E-state index >= 15 is 0 Å². The van der Waals surface area contributed by atoms with Crippen molar-refractivity contribution in [1.29, 1.82) is 0 Å². The first-order valence-electron chi connectivity index (χ1n) is 8.67. The smallest absolute Gasteiger partial charge is 0.264 e. The summed E-state index contributed by atoms with van der Waals surface area (Å²) in [6, 6.07) is 17.1. The quantitative estimate of drug-likeness (QED) is 0.561. The van der Waals surface area contributed by atoms with Gasteiger partial charge in [-0.15, -0.1) is 0 Å². The van der Waals surface area contributed by atoms with E-state index in [0.29, 0.717) is 29.9 Å². The summed E-state index contributed by atoms with van der Waals surface area (Å²) in [6.45, 7) is 0.734. The van der Waals surface area contributed by atoms with E-state index in [0.717, 1.165) is 11.4 Å². The first-order valence-corrected chi connectivity index (χ1v) is 8.67. The summed E-state index contributed by atoms with van der Waals surface area (Å²) < 4.78 is 14.9. The van der Waals surface area contributed by atoms with Gasteiger partial charge >= 0.3 is 0 Å². The molecule has 5 rings (SSSR count). The summed E-state index contributed by atoms with van der Waals surface area (Å²) in [5.41, 5.74) is 1.25. The van der Waals surface area contributed by atoms with Crippen molar-refractivity contribution in [2.45, 2.75) is 12.6 Å². The standard InChI is InChI=1S/C20H16N4O3/c25-20-16-10-22-24(14-6-2-1-3-7-14)19(16)21-13-23(20)11-15-12-26-17-8-4-5-9-18(17)27-15/h1-10,13,15H,11-12H2/t15-/m0/s1.